The highest BCUT2D eigenvalue weighted by Crippen LogP contribution is 2.34. The minimum Gasteiger partial charge on any atom is -0.381 e. The van der Waals surface area contributed by atoms with Gasteiger partial charge in [0.1, 0.15) is 11.5 Å². The fourth-order valence-corrected chi connectivity index (χ4v) is 5.21. The second kappa shape index (κ2) is 10.5. The maximum absolute atomic E-state index is 13.2. The van der Waals surface area contributed by atoms with Gasteiger partial charge in [-0.25, -0.2) is 8.42 Å². The molecule has 31 heavy (non-hydrogen) atoms. The third kappa shape index (κ3) is 6.45. The minimum atomic E-state index is -3.46. The van der Waals surface area contributed by atoms with Crippen LogP contribution in [0.4, 0.5) is 0 Å². The first-order valence-corrected chi connectivity index (χ1v) is 12.6. The van der Waals surface area contributed by atoms with Crippen LogP contribution in [0.5, 0.6) is 0 Å². The van der Waals surface area contributed by atoms with E-state index in [0.717, 1.165) is 19.1 Å². The van der Waals surface area contributed by atoms with Crippen molar-refractivity contribution in [2.75, 3.05) is 19.5 Å². The first kappa shape index (κ1) is 23.6. The van der Waals surface area contributed by atoms with Crippen molar-refractivity contribution in [2.45, 2.75) is 42.9 Å². The van der Waals surface area contributed by atoms with Crippen LogP contribution in [0, 0.1) is 5.92 Å². The highest BCUT2D eigenvalue weighted by molar-refractivity contribution is 7.90. The Balaban J connectivity index is 1.79. The molecule has 0 N–H and O–H groups in total. The smallest absolute Gasteiger partial charge is 0.181 e. The average molecular weight is 464 g/mol. The van der Waals surface area contributed by atoms with Gasteiger partial charge in [-0.15, -0.1) is 0 Å². The van der Waals surface area contributed by atoms with Gasteiger partial charge in [0.25, 0.3) is 0 Å². The lowest BCUT2D eigenvalue weighted by Crippen LogP contribution is -2.22. The zero-order chi connectivity index (χ0) is 22.4. The van der Waals surface area contributed by atoms with E-state index < -0.39 is 15.8 Å². The van der Waals surface area contributed by atoms with Crippen LogP contribution in [-0.2, 0) is 19.4 Å². The zero-order valence-corrected chi connectivity index (χ0v) is 19.0. The van der Waals surface area contributed by atoms with Gasteiger partial charge in [-0.3, -0.25) is 14.6 Å². The van der Waals surface area contributed by atoms with Gasteiger partial charge in [0, 0.05) is 44.4 Å². The molecule has 1 fully saturated rings. The second-order valence-corrected chi connectivity index (χ2v) is 10.3. The van der Waals surface area contributed by atoms with Crippen LogP contribution in [0.3, 0.4) is 0 Å². The van der Waals surface area contributed by atoms with Crippen molar-refractivity contribution in [1.29, 1.82) is 0 Å². The number of hydrogen-bond donors (Lipinski definition) is 0. The molecule has 1 atom stereocenters. The molecule has 1 aromatic heterocycles. The van der Waals surface area contributed by atoms with Crippen molar-refractivity contribution in [3.05, 3.63) is 58.9 Å². The highest BCUT2D eigenvalue weighted by Gasteiger charge is 2.27. The monoisotopic (exact) mass is 463 g/mol. The Hall–Kier alpha value is -2.09. The maximum atomic E-state index is 13.2. The number of carbonyl (C=O) groups is 2. The summed E-state index contributed by atoms with van der Waals surface area (Å²) in [5.74, 6) is -0.364. The van der Waals surface area contributed by atoms with E-state index in [1.54, 1.807) is 36.5 Å². The summed E-state index contributed by atoms with van der Waals surface area (Å²) in [5.41, 5.74) is 1.02. The van der Waals surface area contributed by atoms with E-state index in [0.29, 0.717) is 36.8 Å². The molecule has 0 spiro atoms. The molecule has 166 valence electrons. The van der Waals surface area contributed by atoms with E-state index in [9.17, 15) is 18.0 Å². The molecule has 0 radical (unpaired) electrons. The van der Waals surface area contributed by atoms with Gasteiger partial charge in [-0.05, 0) is 55.0 Å². The third-order valence-corrected chi connectivity index (χ3v) is 7.19. The summed E-state index contributed by atoms with van der Waals surface area (Å²) in [6, 6.07) is 9.79. The predicted octanol–water partition coefficient (Wildman–Crippen LogP) is 4.27. The van der Waals surface area contributed by atoms with Crippen LogP contribution < -0.4 is 0 Å². The number of benzene rings is 1. The number of hydrogen-bond acceptors (Lipinski definition) is 6. The molecule has 0 amide bonds. The van der Waals surface area contributed by atoms with Gasteiger partial charge < -0.3 is 4.74 Å². The summed E-state index contributed by atoms with van der Waals surface area (Å²) in [6.45, 7) is 1.33. The lowest BCUT2D eigenvalue weighted by Gasteiger charge is -2.26. The average Bonchev–Trinajstić information content (AvgIpc) is 2.76. The minimum absolute atomic E-state index is 0.0421. The zero-order valence-electron chi connectivity index (χ0n) is 17.4. The molecule has 1 aliphatic rings. The molecule has 0 aliphatic carbocycles. The summed E-state index contributed by atoms with van der Waals surface area (Å²) in [4.78, 5) is 29.7. The van der Waals surface area contributed by atoms with Crippen molar-refractivity contribution in [1.82, 2.24) is 4.98 Å². The number of nitrogens with zero attached hydrogens (tertiary/aromatic N) is 1. The summed E-state index contributed by atoms with van der Waals surface area (Å²) < 4.78 is 29.2. The Morgan fingerprint density at radius 1 is 1.16 bits per heavy atom. The van der Waals surface area contributed by atoms with Crippen molar-refractivity contribution >= 4 is 33.0 Å². The van der Waals surface area contributed by atoms with Crippen LogP contribution in [0.25, 0.3) is 0 Å². The highest BCUT2D eigenvalue weighted by atomic mass is 35.5. The van der Waals surface area contributed by atoms with Crippen LogP contribution >= 0.6 is 11.6 Å². The Morgan fingerprint density at radius 3 is 2.52 bits per heavy atom. The summed E-state index contributed by atoms with van der Waals surface area (Å²) in [6.07, 6.45) is 5.17. The number of ketones is 2. The molecule has 1 saturated heterocycles. The van der Waals surface area contributed by atoms with Gasteiger partial charge in [-0.2, -0.15) is 0 Å². The number of Topliss-reactive ketones (excluding diaryl/α,β-unsaturated/α-hetero) is 2. The first-order chi connectivity index (χ1) is 14.8. The largest absolute Gasteiger partial charge is 0.381 e. The first-order valence-electron chi connectivity index (χ1n) is 10.3. The number of carbonyl (C=O) groups excluding carboxylic acids is 2. The van der Waals surface area contributed by atoms with Crippen molar-refractivity contribution < 1.29 is 22.7 Å². The van der Waals surface area contributed by atoms with E-state index in [1.165, 1.54) is 6.07 Å². The molecule has 6 nitrogen and oxygen atoms in total. The number of rotatable bonds is 9. The standard InChI is InChI=1S/C23H26ClNO5S/c1-31(28,29)23-8-5-17(15-19(23)24)18(14-16-9-12-30-13-10-16)21(26)6-7-22(27)20-4-2-3-11-25-20/h2-5,8,11,15-16,18H,6-7,9-10,12-14H2,1H3. The Labute approximate surface area is 187 Å². The maximum Gasteiger partial charge on any atom is 0.181 e. The van der Waals surface area contributed by atoms with Gasteiger partial charge in [0.05, 0.1) is 9.92 Å². The van der Waals surface area contributed by atoms with Crippen LogP contribution in [0.2, 0.25) is 5.02 Å². The second-order valence-electron chi connectivity index (χ2n) is 7.91. The summed E-state index contributed by atoms with van der Waals surface area (Å²) in [7, 11) is -3.46. The van der Waals surface area contributed by atoms with E-state index in [-0.39, 0.29) is 34.3 Å². The fraction of sp³-hybridized carbons (Fsp3) is 0.435. The lowest BCUT2D eigenvalue weighted by atomic mass is 9.81. The van der Waals surface area contributed by atoms with E-state index in [1.807, 2.05) is 0 Å². The molecule has 3 rings (SSSR count). The normalized spacial score (nSPS) is 16.1. The van der Waals surface area contributed by atoms with Gasteiger partial charge in [0.2, 0.25) is 0 Å². The van der Waals surface area contributed by atoms with E-state index in [4.69, 9.17) is 16.3 Å². The summed E-state index contributed by atoms with van der Waals surface area (Å²) >= 11 is 6.24. The molecule has 2 aromatic rings. The molecule has 8 heteroatoms. The summed E-state index contributed by atoms with van der Waals surface area (Å²) in [5, 5.41) is 0.106. The van der Waals surface area contributed by atoms with Crippen molar-refractivity contribution in [3.63, 3.8) is 0 Å². The van der Waals surface area contributed by atoms with Crippen molar-refractivity contribution in [2.24, 2.45) is 5.92 Å². The van der Waals surface area contributed by atoms with Gasteiger partial charge in [-0.1, -0.05) is 23.7 Å². The molecule has 2 heterocycles. The number of sulfone groups is 1. The number of ether oxygens (including phenoxy) is 1. The fourth-order valence-electron chi connectivity index (χ4n) is 3.87. The van der Waals surface area contributed by atoms with Crippen LogP contribution in [-0.4, -0.2) is 44.4 Å². The van der Waals surface area contributed by atoms with Gasteiger partial charge in [0.15, 0.2) is 15.6 Å². The number of halogens is 1. The Morgan fingerprint density at radius 2 is 1.90 bits per heavy atom. The van der Waals surface area contributed by atoms with Crippen LogP contribution in [0.1, 0.15) is 54.1 Å². The Kier molecular flexibility index (Phi) is 7.97. The van der Waals surface area contributed by atoms with Gasteiger partial charge >= 0.3 is 0 Å². The van der Waals surface area contributed by atoms with Crippen LogP contribution in [0.15, 0.2) is 47.5 Å². The lowest BCUT2D eigenvalue weighted by molar-refractivity contribution is -0.121. The molecule has 0 saturated carbocycles. The topological polar surface area (TPSA) is 90.4 Å². The van der Waals surface area contributed by atoms with E-state index in [2.05, 4.69) is 4.98 Å². The SMILES string of the molecule is CS(=O)(=O)c1ccc(C(CC2CCOCC2)C(=O)CCC(=O)c2ccccn2)cc1Cl. The predicted molar refractivity (Wildman–Crippen MR) is 118 cm³/mol. The van der Waals surface area contributed by atoms with E-state index >= 15 is 0 Å². The number of aromatic nitrogens is 1. The van der Waals surface area contributed by atoms with Crippen molar-refractivity contribution in [3.8, 4) is 0 Å². The molecule has 0 bridgehead atoms. The third-order valence-electron chi connectivity index (χ3n) is 5.61. The molecular weight excluding hydrogens is 438 g/mol. The molecule has 1 aromatic carbocycles. The molecular formula is C23H26ClNO5S. The quantitative estimate of drug-likeness (QED) is 0.516. The Bertz CT molecular complexity index is 1030. The molecule has 1 unspecified atom stereocenters. The molecule has 1 aliphatic heterocycles. The number of pyridine rings is 1.